The molecule has 0 saturated heterocycles. The van der Waals surface area contributed by atoms with Crippen LogP contribution in [0.25, 0.3) is 0 Å². The molecule has 0 radical (unpaired) electrons. The van der Waals surface area contributed by atoms with E-state index >= 15 is 0 Å². The van der Waals surface area contributed by atoms with Gasteiger partial charge >= 0.3 is 5.51 Å². The zero-order valence-electron chi connectivity index (χ0n) is 10.9. The van der Waals surface area contributed by atoms with E-state index in [2.05, 4.69) is 5.32 Å². The Bertz CT molecular complexity index is 451. The van der Waals surface area contributed by atoms with Crippen molar-refractivity contribution in [2.45, 2.75) is 36.3 Å². The van der Waals surface area contributed by atoms with Crippen LogP contribution < -0.4 is 5.32 Å². The molecule has 0 heterocycles. The summed E-state index contributed by atoms with van der Waals surface area (Å²) in [5, 5.41) is 11.9. The van der Waals surface area contributed by atoms with Gasteiger partial charge in [-0.2, -0.15) is 13.2 Å². The van der Waals surface area contributed by atoms with E-state index in [-0.39, 0.29) is 28.8 Å². The summed E-state index contributed by atoms with van der Waals surface area (Å²) in [6.07, 6.45) is 0.419. The van der Waals surface area contributed by atoms with Crippen molar-refractivity contribution in [1.29, 1.82) is 0 Å². The molecular formula is C13H16F3NO2S. The predicted octanol–water partition coefficient (Wildman–Crippen LogP) is 3.19. The number of carbonyl (C=O) groups is 1. The molecule has 0 fully saturated rings. The van der Waals surface area contributed by atoms with Crippen LogP contribution in [0.3, 0.4) is 0 Å². The van der Waals surface area contributed by atoms with Crippen LogP contribution in [0.4, 0.5) is 13.2 Å². The summed E-state index contributed by atoms with van der Waals surface area (Å²) < 4.78 is 37.2. The largest absolute Gasteiger partial charge is 0.446 e. The Kier molecular flexibility index (Phi) is 6.35. The minimum atomic E-state index is -4.44. The minimum Gasteiger partial charge on any atom is -0.393 e. The van der Waals surface area contributed by atoms with Gasteiger partial charge in [0.15, 0.2) is 0 Å². The summed E-state index contributed by atoms with van der Waals surface area (Å²) in [4.78, 5) is 11.7. The number of thioether (sulfide) groups is 1. The highest BCUT2D eigenvalue weighted by Gasteiger charge is 2.31. The fourth-order valence-electron chi connectivity index (χ4n) is 1.52. The fourth-order valence-corrected chi connectivity index (χ4v) is 2.19. The van der Waals surface area contributed by atoms with Crippen molar-refractivity contribution in [3.8, 4) is 0 Å². The molecule has 0 saturated carbocycles. The molecule has 1 aromatic rings. The van der Waals surface area contributed by atoms with E-state index in [1.54, 1.807) is 0 Å². The molecule has 1 atom stereocenters. The van der Waals surface area contributed by atoms with Crippen LogP contribution >= 0.6 is 11.8 Å². The van der Waals surface area contributed by atoms with Crippen LogP contribution in [0.2, 0.25) is 0 Å². The summed E-state index contributed by atoms with van der Waals surface area (Å²) in [5.74, 6) is -0.569. The number of aliphatic hydroxyl groups excluding tert-OH is 1. The van der Waals surface area contributed by atoms with E-state index in [1.807, 2.05) is 6.92 Å². The summed E-state index contributed by atoms with van der Waals surface area (Å²) in [6, 6.07) is 5.57. The molecule has 7 heteroatoms. The third kappa shape index (κ3) is 5.83. The quantitative estimate of drug-likeness (QED) is 0.794. The molecule has 0 aliphatic carbocycles. The van der Waals surface area contributed by atoms with Gasteiger partial charge in [-0.1, -0.05) is 19.1 Å². The van der Waals surface area contributed by atoms with Crippen molar-refractivity contribution < 1.29 is 23.1 Å². The molecule has 0 aliphatic rings. The number of rotatable bonds is 6. The van der Waals surface area contributed by atoms with Gasteiger partial charge in [-0.05, 0) is 36.7 Å². The van der Waals surface area contributed by atoms with Gasteiger partial charge in [-0.15, -0.1) is 0 Å². The molecule has 1 aromatic carbocycles. The van der Waals surface area contributed by atoms with Crippen molar-refractivity contribution in [3.05, 3.63) is 29.8 Å². The first-order valence-electron chi connectivity index (χ1n) is 6.14. The lowest BCUT2D eigenvalue weighted by molar-refractivity contribution is -0.0328. The molecule has 3 nitrogen and oxygen atoms in total. The van der Waals surface area contributed by atoms with Crippen LogP contribution in [0.15, 0.2) is 29.2 Å². The molecule has 20 heavy (non-hydrogen) atoms. The second-order valence-corrected chi connectivity index (χ2v) is 5.26. The average molecular weight is 307 g/mol. The van der Waals surface area contributed by atoms with Crippen molar-refractivity contribution in [1.82, 2.24) is 5.32 Å². The van der Waals surface area contributed by atoms with E-state index in [1.165, 1.54) is 24.3 Å². The number of alkyl halides is 3. The Morgan fingerprint density at radius 1 is 1.40 bits per heavy atom. The molecule has 0 aliphatic heterocycles. The minimum absolute atomic E-state index is 0.0131. The normalized spacial score (nSPS) is 13.1. The van der Waals surface area contributed by atoms with Crippen LogP contribution in [-0.4, -0.2) is 29.2 Å². The highest BCUT2D eigenvalue weighted by molar-refractivity contribution is 8.00. The van der Waals surface area contributed by atoms with E-state index in [0.717, 1.165) is 0 Å². The van der Waals surface area contributed by atoms with Gasteiger partial charge in [0.25, 0.3) is 5.91 Å². The van der Waals surface area contributed by atoms with Gasteiger partial charge in [-0.3, -0.25) is 4.79 Å². The lowest BCUT2D eigenvalue weighted by Crippen LogP contribution is -2.27. The smallest absolute Gasteiger partial charge is 0.393 e. The van der Waals surface area contributed by atoms with E-state index in [9.17, 15) is 23.1 Å². The molecule has 1 rings (SSSR count). The Hall–Kier alpha value is -1.21. The predicted molar refractivity (Wildman–Crippen MR) is 71.6 cm³/mol. The van der Waals surface area contributed by atoms with Gasteiger partial charge in [0.05, 0.1) is 11.7 Å². The summed E-state index contributed by atoms with van der Waals surface area (Å²) in [6.45, 7) is 2.03. The molecule has 0 aromatic heterocycles. The maximum absolute atomic E-state index is 12.4. The first-order valence-corrected chi connectivity index (χ1v) is 6.96. The number of benzene rings is 1. The highest BCUT2D eigenvalue weighted by atomic mass is 32.2. The number of hydrogen-bond donors (Lipinski definition) is 2. The van der Waals surface area contributed by atoms with Crippen LogP contribution in [0.1, 0.15) is 30.1 Å². The summed E-state index contributed by atoms with van der Waals surface area (Å²) >= 11 is -0.310. The molecule has 1 amide bonds. The van der Waals surface area contributed by atoms with E-state index < -0.39 is 17.5 Å². The monoisotopic (exact) mass is 307 g/mol. The molecule has 0 bridgehead atoms. The topological polar surface area (TPSA) is 49.3 Å². The Morgan fingerprint density at radius 3 is 2.65 bits per heavy atom. The van der Waals surface area contributed by atoms with E-state index in [0.29, 0.717) is 12.8 Å². The number of carbonyl (C=O) groups excluding carboxylic acids is 1. The Labute approximate surface area is 119 Å². The lowest BCUT2D eigenvalue weighted by Gasteiger charge is -2.12. The number of halogens is 3. The molecule has 2 N–H and O–H groups in total. The van der Waals surface area contributed by atoms with Crippen LogP contribution in [0, 0.1) is 0 Å². The molecular weight excluding hydrogens is 291 g/mol. The summed E-state index contributed by atoms with van der Waals surface area (Å²) in [5.41, 5.74) is -4.45. The first kappa shape index (κ1) is 16.8. The number of nitrogens with one attached hydrogen (secondary N) is 1. The Balaban J connectivity index is 2.68. The fraction of sp³-hybridized carbons (Fsp3) is 0.462. The zero-order chi connectivity index (χ0) is 15.2. The second-order valence-electron chi connectivity index (χ2n) is 4.15. The maximum Gasteiger partial charge on any atom is 0.446 e. The van der Waals surface area contributed by atoms with Gasteiger partial charge in [0.1, 0.15) is 0 Å². The molecule has 112 valence electrons. The third-order valence-corrected chi connectivity index (χ3v) is 3.40. The maximum atomic E-state index is 12.4. The molecule has 0 spiro atoms. The molecule has 1 unspecified atom stereocenters. The standard InChI is InChI=1S/C13H16F3NO2S/c1-2-9(18)7-8-17-12(19)10-5-3-4-6-11(10)20-13(14,15)16/h3-6,9,18H,2,7-8H2,1H3,(H,17,19). The van der Waals surface area contributed by atoms with Gasteiger partial charge in [0, 0.05) is 11.4 Å². The average Bonchev–Trinajstić information content (AvgIpc) is 2.37. The van der Waals surface area contributed by atoms with Crippen molar-refractivity contribution in [2.24, 2.45) is 0 Å². The van der Waals surface area contributed by atoms with Crippen molar-refractivity contribution in [2.75, 3.05) is 6.54 Å². The van der Waals surface area contributed by atoms with Crippen molar-refractivity contribution in [3.63, 3.8) is 0 Å². The number of amides is 1. The van der Waals surface area contributed by atoms with Crippen LogP contribution in [-0.2, 0) is 0 Å². The first-order chi connectivity index (χ1) is 9.33. The number of hydrogen-bond acceptors (Lipinski definition) is 3. The zero-order valence-corrected chi connectivity index (χ0v) is 11.7. The SMILES string of the molecule is CCC(O)CCNC(=O)c1ccccc1SC(F)(F)F. The van der Waals surface area contributed by atoms with Gasteiger partial charge in [-0.25, -0.2) is 0 Å². The van der Waals surface area contributed by atoms with Gasteiger partial charge < -0.3 is 10.4 Å². The lowest BCUT2D eigenvalue weighted by atomic mass is 10.2. The summed E-state index contributed by atoms with van der Waals surface area (Å²) in [7, 11) is 0. The van der Waals surface area contributed by atoms with E-state index in [4.69, 9.17) is 0 Å². The highest BCUT2D eigenvalue weighted by Crippen LogP contribution is 2.38. The van der Waals surface area contributed by atoms with Crippen molar-refractivity contribution >= 4 is 17.7 Å². The second kappa shape index (κ2) is 7.54. The third-order valence-electron chi connectivity index (χ3n) is 2.59. The Morgan fingerprint density at radius 2 is 2.05 bits per heavy atom. The van der Waals surface area contributed by atoms with Crippen LogP contribution in [0.5, 0.6) is 0 Å². The number of aliphatic hydroxyl groups is 1. The van der Waals surface area contributed by atoms with Gasteiger partial charge in [0.2, 0.25) is 0 Å².